The minimum atomic E-state index is -3.98. The van der Waals surface area contributed by atoms with E-state index in [1.165, 1.54) is 25.1 Å². The largest absolute Gasteiger partial charge is 0.289 e. The molecule has 100 valence electrons. The monoisotopic (exact) mass is 348 g/mol. The van der Waals surface area contributed by atoms with E-state index in [2.05, 4.69) is 0 Å². The van der Waals surface area contributed by atoms with Gasteiger partial charge in [0.15, 0.2) is 9.84 Å². The van der Waals surface area contributed by atoms with Gasteiger partial charge in [0.1, 0.15) is 0 Å². The third kappa shape index (κ3) is 2.94. The maximum Gasteiger partial charge on any atom is 0.280 e. The molecule has 0 N–H and O–H groups in total. The minimum absolute atomic E-state index is 0.00974. The predicted octanol–water partition coefficient (Wildman–Crippen LogP) is 3.74. The van der Waals surface area contributed by atoms with Gasteiger partial charge < -0.3 is 0 Å². The number of Topliss-reactive ketones (excluding diaryl/α,β-unsaturated/α-hetero) is 1. The fourth-order valence-corrected chi connectivity index (χ4v) is 3.26. The highest BCUT2D eigenvalue weighted by Crippen LogP contribution is 2.35. The quantitative estimate of drug-likeness (QED) is 0.614. The molecule has 3 nitrogen and oxygen atoms in total. The van der Waals surface area contributed by atoms with Crippen molar-refractivity contribution in [1.82, 2.24) is 0 Å². The number of hydrogen-bond acceptors (Lipinski definition) is 3. The fraction of sp³-hybridized carbons (Fsp3) is 0.300. The summed E-state index contributed by atoms with van der Waals surface area (Å²) in [5.41, 5.74) is -0.0944. The number of carbonyl (C=O) groups excluding carboxylic acids is 1. The van der Waals surface area contributed by atoms with E-state index in [1.54, 1.807) is 0 Å². The van der Waals surface area contributed by atoms with E-state index in [1.807, 2.05) is 0 Å². The second-order valence-electron chi connectivity index (χ2n) is 3.37. The standard InChI is InChI=1S/C10H8Cl4O3S/c1-2-18(16,17)10(13,14)9(15)7-4-3-6(11)5-8(7)12/h3-5H,2H2,1H3. The molecule has 0 radical (unpaired) electrons. The minimum Gasteiger partial charge on any atom is -0.289 e. The molecule has 1 rings (SSSR count). The Hall–Kier alpha value is -0.000000000000000167. The zero-order chi connectivity index (χ0) is 14.1. The summed E-state index contributed by atoms with van der Waals surface area (Å²) in [7, 11) is -3.98. The summed E-state index contributed by atoms with van der Waals surface area (Å²) in [4.78, 5) is 12.0. The Labute approximate surface area is 125 Å². The Morgan fingerprint density at radius 3 is 2.28 bits per heavy atom. The van der Waals surface area contributed by atoms with Crippen LogP contribution in [0.2, 0.25) is 10.0 Å². The lowest BCUT2D eigenvalue weighted by molar-refractivity contribution is 0.0996. The third-order valence-electron chi connectivity index (χ3n) is 2.21. The second-order valence-corrected chi connectivity index (χ2v) is 8.41. The van der Waals surface area contributed by atoms with Gasteiger partial charge in [-0.15, -0.1) is 0 Å². The van der Waals surface area contributed by atoms with E-state index < -0.39 is 19.3 Å². The lowest BCUT2D eigenvalue weighted by Crippen LogP contribution is -2.37. The van der Waals surface area contributed by atoms with Crippen molar-refractivity contribution in [2.75, 3.05) is 5.75 Å². The Kier molecular flexibility index (Phi) is 4.95. The van der Waals surface area contributed by atoms with Crippen LogP contribution in [0.5, 0.6) is 0 Å². The van der Waals surface area contributed by atoms with Crippen LogP contribution < -0.4 is 0 Å². The number of hydrogen-bond donors (Lipinski definition) is 0. The van der Waals surface area contributed by atoms with Crippen molar-refractivity contribution >= 4 is 62.0 Å². The van der Waals surface area contributed by atoms with Gasteiger partial charge in [0, 0.05) is 10.6 Å². The van der Waals surface area contributed by atoms with Gasteiger partial charge in [-0.3, -0.25) is 4.79 Å². The summed E-state index contributed by atoms with van der Waals surface area (Å²) in [6, 6.07) is 3.97. The molecule has 0 atom stereocenters. The molecule has 0 saturated heterocycles. The van der Waals surface area contributed by atoms with Crippen LogP contribution in [0.1, 0.15) is 17.3 Å². The molecule has 0 aromatic heterocycles. The zero-order valence-electron chi connectivity index (χ0n) is 9.08. The maximum atomic E-state index is 12.0. The highest BCUT2D eigenvalue weighted by Gasteiger charge is 2.47. The van der Waals surface area contributed by atoms with Gasteiger partial charge in [0.05, 0.1) is 10.8 Å². The number of alkyl halides is 2. The molecule has 0 aliphatic carbocycles. The van der Waals surface area contributed by atoms with E-state index in [9.17, 15) is 13.2 Å². The average Bonchev–Trinajstić information content (AvgIpc) is 2.28. The molecule has 0 bridgehead atoms. The first-order valence-electron chi connectivity index (χ1n) is 4.73. The molecule has 1 aromatic rings. The molecule has 0 aliphatic heterocycles. The number of ketones is 1. The number of rotatable bonds is 4. The van der Waals surface area contributed by atoms with Gasteiger partial charge in [-0.25, -0.2) is 8.42 Å². The van der Waals surface area contributed by atoms with Gasteiger partial charge in [0.2, 0.25) is 5.78 Å². The van der Waals surface area contributed by atoms with Crippen LogP contribution in [-0.2, 0) is 9.84 Å². The summed E-state index contributed by atoms with van der Waals surface area (Å²) in [5, 5.41) is 0.300. The van der Waals surface area contributed by atoms with E-state index >= 15 is 0 Å². The molecule has 0 aliphatic rings. The van der Waals surface area contributed by atoms with Crippen LogP contribution >= 0.6 is 46.4 Å². The van der Waals surface area contributed by atoms with Gasteiger partial charge >= 0.3 is 0 Å². The molecule has 0 fully saturated rings. The fourth-order valence-electron chi connectivity index (χ4n) is 1.15. The summed E-state index contributed by atoms with van der Waals surface area (Å²) >= 11 is 22.8. The molecule has 0 heterocycles. The van der Waals surface area contributed by atoms with Crippen LogP contribution in [0.4, 0.5) is 0 Å². The lowest BCUT2D eigenvalue weighted by atomic mass is 10.1. The number of carbonyl (C=O) groups is 1. The Morgan fingerprint density at radius 1 is 1.28 bits per heavy atom. The SMILES string of the molecule is CCS(=O)(=O)C(Cl)(Cl)C(=O)c1ccc(Cl)cc1Cl. The molecule has 0 spiro atoms. The summed E-state index contributed by atoms with van der Waals surface area (Å²) < 4.78 is 20.8. The Morgan fingerprint density at radius 2 is 1.83 bits per heavy atom. The van der Waals surface area contributed by atoms with Gasteiger partial charge in [-0.2, -0.15) is 0 Å². The topological polar surface area (TPSA) is 51.2 Å². The summed E-state index contributed by atoms with van der Waals surface area (Å²) in [5.74, 6) is -1.36. The van der Waals surface area contributed by atoms with Crippen molar-refractivity contribution in [2.45, 2.75) is 10.6 Å². The normalized spacial score (nSPS) is 12.5. The molecule has 0 unspecified atom stereocenters. The van der Waals surface area contributed by atoms with Crippen molar-refractivity contribution in [2.24, 2.45) is 0 Å². The number of halogens is 4. The van der Waals surface area contributed by atoms with Crippen molar-refractivity contribution < 1.29 is 13.2 Å². The second kappa shape index (κ2) is 5.55. The highest BCUT2D eigenvalue weighted by molar-refractivity contribution is 7.96. The van der Waals surface area contributed by atoms with Crippen molar-refractivity contribution in [3.05, 3.63) is 33.8 Å². The number of sulfone groups is 1. The van der Waals surface area contributed by atoms with Gasteiger partial charge in [-0.05, 0) is 18.2 Å². The first kappa shape index (κ1) is 16.1. The van der Waals surface area contributed by atoms with Crippen LogP contribution in [0.3, 0.4) is 0 Å². The lowest BCUT2D eigenvalue weighted by Gasteiger charge is -2.18. The molecule has 8 heteroatoms. The van der Waals surface area contributed by atoms with Crippen molar-refractivity contribution in [3.8, 4) is 0 Å². The van der Waals surface area contributed by atoms with E-state index in [4.69, 9.17) is 46.4 Å². The van der Waals surface area contributed by atoms with Crippen molar-refractivity contribution in [1.29, 1.82) is 0 Å². The van der Waals surface area contributed by atoms with Gasteiger partial charge in [0.25, 0.3) is 3.67 Å². The number of benzene rings is 1. The van der Waals surface area contributed by atoms with Crippen LogP contribution in [-0.4, -0.2) is 23.6 Å². The van der Waals surface area contributed by atoms with Gasteiger partial charge in [-0.1, -0.05) is 53.3 Å². The van der Waals surface area contributed by atoms with E-state index in [-0.39, 0.29) is 16.3 Å². The molecule has 18 heavy (non-hydrogen) atoms. The summed E-state index contributed by atoms with van der Waals surface area (Å²) in [6.07, 6.45) is 0. The van der Waals surface area contributed by atoms with Crippen LogP contribution in [0, 0.1) is 0 Å². The van der Waals surface area contributed by atoms with E-state index in [0.717, 1.165) is 0 Å². The predicted molar refractivity (Wildman–Crippen MR) is 74.7 cm³/mol. The maximum absolute atomic E-state index is 12.0. The van der Waals surface area contributed by atoms with Crippen LogP contribution in [0.25, 0.3) is 0 Å². The molecular formula is C10H8Cl4O3S. The molecule has 0 saturated carbocycles. The Bertz CT molecular complexity index is 581. The smallest absolute Gasteiger partial charge is 0.280 e. The Balaban J connectivity index is 3.31. The average molecular weight is 350 g/mol. The third-order valence-corrected chi connectivity index (χ3v) is 6.24. The first-order chi connectivity index (χ1) is 8.13. The molecular weight excluding hydrogens is 342 g/mol. The summed E-state index contributed by atoms with van der Waals surface area (Å²) in [6.45, 7) is 1.34. The van der Waals surface area contributed by atoms with Crippen LogP contribution in [0.15, 0.2) is 18.2 Å². The highest BCUT2D eigenvalue weighted by atomic mass is 35.5. The molecule has 0 amide bonds. The molecule has 1 aromatic carbocycles. The van der Waals surface area contributed by atoms with E-state index in [0.29, 0.717) is 5.02 Å². The first-order valence-corrected chi connectivity index (χ1v) is 7.90. The zero-order valence-corrected chi connectivity index (χ0v) is 12.9. The van der Waals surface area contributed by atoms with Crippen molar-refractivity contribution in [3.63, 3.8) is 0 Å².